The lowest BCUT2D eigenvalue weighted by atomic mass is 10.1. The third-order valence-corrected chi connectivity index (χ3v) is 6.08. The van der Waals surface area contributed by atoms with E-state index < -0.39 is 28.5 Å². The van der Waals surface area contributed by atoms with Gasteiger partial charge in [-0.05, 0) is 42.8 Å². The Kier molecular flexibility index (Phi) is 8.11. The van der Waals surface area contributed by atoms with E-state index in [9.17, 15) is 18.0 Å². The highest BCUT2D eigenvalue weighted by molar-refractivity contribution is 7.92. The van der Waals surface area contributed by atoms with Crippen LogP contribution in [0.2, 0.25) is 10.0 Å². The van der Waals surface area contributed by atoms with E-state index in [4.69, 9.17) is 23.2 Å². The minimum atomic E-state index is -3.78. The topological polar surface area (TPSA) is 86.8 Å². The standard InChI is InChI=1S/C20H23Cl2N3O4S/c1-14(20(27)23-2)24(12-15-7-9-16(21)10-8-15)19(26)13-25(30(3,28)29)18-6-4-5-17(22)11-18/h4-11,14H,12-13H2,1-3H3,(H,23,27)/t14-/m0/s1. The molecule has 2 amide bonds. The average Bonchev–Trinajstić information content (AvgIpc) is 2.69. The Hall–Kier alpha value is -2.29. The van der Waals surface area contributed by atoms with Gasteiger partial charge < -0.3 is 10.2 Å². The fourth-order valence-electron chi connectivity index (χ4n) is 2.82. The normalized spacial score (nSPS) is 12.2. The van der Waals surface area contributed by atoms with Crippen LogP contribution in [0.5, 0.6) is 0 Å². The fraction of sp³-hybridized carbons (Fsp3) is 0.300. The Morgan fingerprint density at radius 3 is 2.23 bits per heavy atom. The highest BCUT2D eigenvalue weighted by atomic mass is 35.5. The van der Waals surface area contributed by atoms with Gasteiger partial charge in [-0.25, -0.2) is 8.42 Å². The summed E-state index contributed by atoms with van der Waals surface area (Å²) in [6.45, 7) is 1.21. The van der Waals surface area contributed by atoms with Gasteiger partial charge in [-0.1, -0.05) is 41.4 Å². The summed E-state index contributed by atoms with van der Waals surface area (Å²) in [6, 6.07) is 12.2. The maximum Gasteiger partial charge on any atom is 0.244 e. The van der Waals surface area contributed by atoms with E-state index in [0.29, 0.717) is 10.0 Å². The molecule has 1 atom stereocenters. The molecule has 0 aliphatic carbocycles. The second-order valence-corrected chi connectivity index (χ2v) is 9.47. The molecule has 30 heavy (non-hydrogen) atoms. The first kappa shape index (κ1) is 24.0. The first-order valence-corrected chi connectivity index (χ1v) is 11.6. The van der Waals surface area contributed by atoms with Crippen molar-refractivity contribution in [1.82, 2.24) is 10.2 Å². The zero-order chi connectivity index (χ0) is 22.5. The molecule has 0 bridgehead atoms. The van der Waals surface area contributed by atoms with Crippen LogP contribution in [-0.2, 0) is 26.2 Å². The maximum atomic E-state index is 13.2. The van der Waals surface area contributed by atoms with E-state index in [-0.39, 0.29) is 18.1 Å². The lowest BCUT2D eigenvalue weighted by Crippen LogP contribution is -2.50. The van der Waals surface area contributed by atoms with Crippen LogP contribution < -0.4 is 9.62 Å². The Morgan fingerprint density at radius 1 is 1.07 bits per heavy atom. The van der Waals surface area contributed by atoms with Crippen LogP contribution in [0.3, 0.4) is 0 Å². The van der Waals surface area contributed by atoms with Crippen LogP contribution in [0.25, 0.3) is 0 Å². The van der Waals surface area contributed by atoms with E-state index in [0.717, 1.165) is 16.1 Å². The first-order valence-electron chi connectivity index (χ1n) is 9.01. The third kappa shape index (κ3) is 6.35. The smallest absolute Gasteiger partial charge is 0.244 e. The SMILES string of the molecule is CNC(=O)[C@H](C)N(Cc1ccc(Cl)cc1)C(=O)CN(c1cccc(Cl)c1)S(C)(=O)=O. The second-order valence-electron chi connectivity index (χ2n) is 6.69. The summed E-state index contributed by atoms with van der Waals surface area (Å²) >= 11 is 11.9. The molecule has 0 saturated carbocycles. The zero-order valence-corrected chi connectivity index (χ0v) is 19.1. The number of amides is 2. The lowest BCUT2D eigenvalue weighted by molar-refractivity contribution is -0.139. The monoisotopic (exact) mass is 471 g/mol. The second kappa shape index (κ2) is 10.1. The largest absolute Gasteiger partial charge is 0.357 e. The number of likely N-dealkylation sites (N-methyl/N-ethyl adjacent to an activating group) is 1. The predicted molar refractivity (Wildman–Crippen MR) is 119 cm³/mol. The summed E-state index contributed by atoms with van der Waals surface area (Å²) in [5.74, 6) is -0.905. The van der Waals surface area contributed by atoms with Crippen molar-refractivity contribution < 1.29 is 18.0 Å². The Bertz CT molecular complexity index is 1010. The van der Waals surface area contributed by atoms with Gasteiger partial charge in [0.15, 0.2) is 0 Å². The number of hydrogen-bond donors (Lipinski definition) is 1. The summed E-state index contributed by atoms with van der Waals surface area (Å²) in [4.78, 5) is 26.7. The van der Waals surface area contributed by atoms with Gasteiger partial charge >= 0.3 is 0 Å². The van der Waals surface area contributed by atoms with Crippen molar-refractivity contribution >= 4 is 50.7 Å². The van der Waals surface area contributed by atoms with E-state index >= 15 is 0 Å². The molecule has 0 fully saturated rings. The Labute approximate surface area is 186 Å². The molecule has 7 nitrogen and oxygen atoms in total. The molecule has 2 rings (SSSR count). The lowest BCUT2D eigenvalue weighted by Gasteiger charge is -2.31. The van der Waals surface area contributed by atoms with Crippen molar-refractivity contribution in [2.24, 2.45) is 0 Å². The van der Waals surface area contributed by atoms with Crippen LogP contribution in [0, 0.1) is 0 Å². The summed E-state index contributed by atoms with van der Waals surface area (Å²) < 4.78 is 25.7. The highest BCUT2D eigenvalue weighted by Gasteiger charge is 2.29. The fourth-order valence-corrected chi connectivity index (χ4v) is 3.97. The number of carbonyl (C=O) groups excluding carboxylic acids is 2. The van der Waals surface area contributed by atoms with E-state index in [2.05, 4.69) is 5.32 Å². The van der Waals surface area contributed by atoms with Gasteiger partial charge in [0.1, 0.15) is 12.6 Å². The molecular weight excluding hydrogens is 449 g/mol. The number of anilines is 1. The Balaban J connectivity index is 2.36. The molecule has 0 aliphatic rings. The van der Waals surface area contributed by atoms with E-state index in [1.54, 1.807) is 49.4 Å². The van der Waals surface area contributed by atoms with Crippen molar-refractivity contribution in [1.29, 1.82) is 0 Å². The van der Waals surface area contributed by atoms with Crippen LogP contribution in [0.1, 0.15) is 12.5 Å². The molecule has 0 aromatic heterocycles. The van der Waals surface area contributed by atoms with Crippen LogP contribution in [0.4, 0.5) is 5.69 Å². The van der Waals surface area contributed by atoms with Gasteiger partial charge in [-0.2, -0.15) is 0 Å². The minimum Gasteiger partial charge on any atom is -0.357 e. The zero-order valence-electron chi connectivity index (χ0n) is 16.8. The maximum absolute atomic E-state index is 13.2. The van der Waals surface area contributed by atoms with Gasteiger partial charge in [0.2, 0.25) is 21.8 Å². The number of halogens is 2. The van der Waals surface area contributed by atoms with Crippen molar-refractivity contribution in [3.63, 3.8) is 0 Å². The Morgan fingerprint density at radius 2 is 1.70 bits per heavy atom. The number of hydrogen-bond acceptors (Lipinski definition) is 4. The molecule has 0 radical (unpaired) electrons. The number of sulfonamides is 1. The van der Waals surface area contributed by atoms with Gasteiger partial charge in [0, 0.05) is 23.6 Å². The van der Waals surface area contributed by atoms with Crippen molar-refractivity contribution in [2.45, 2.75) is 19.5 Å². The molecule has 162 valence electrons. The third-order valence-electron chi connectivity index (χ3n) is 4.46. The van der Waals surface area contributed by atoms with Gasteiger partial charge in [0.05, 0.1) is 11.9 Å². The summed E-state index contributed by atoms with van der Waals surface area (Å²) in [7, 11) is -2.31. The highest BCUT2D eigenvalue weighted by Crippen LogP contribution is 2.22. The molecule has 0 heterocycles. The van der Waals surface area contributed by atoms with Gasteiger partial charge in [-0.15, -0.1) is 0 Å². The summed E-state index contributed by atoms with van der Waals surface area (Å²) in [6.07, 6.45) is 1.01. The molecule has 0 aliphatic heterocycles. The van der Waals surface area contributed by atoms with Gasteiger partial charge in [-0.3, -0.25) is 13.9 Å². The number of nitrogens with one attached hydrogen (secondary N) is 1. The molecule has 10 heteroatoms. The predicted octanol–water partition coefficient (Wildman–Crippen LogP) is 2.92. The summed E-state index contributed by atoms with van der Waals surface area (Å²) in [5, 5.41) is 3.39. The molecule has 2 aromatic rings. The molecule has 0 spiro atoms. The average molecular weight is 472 g/mol. The molecule has 1 N–H and O–H groups in total. The number of nitrogens with zero attached hydrogens (tertiary/aromatic N) is 2. The van der Waals surface area contributed by atoms with Crippen molar-refractivity contribution in [2.75, 3.05) is 24.2 Å². The van der Waals surface area contributed by atoms with Crippen molar-refractivity contribution in [3.8, 4) is 0 Å². The first-order chi connectivity index (χ1) is 14.0. The van der Waals surface area contributed by atoms with E-state index in [1.807, 2.05) is 0 Å². The number of carbonyl (C=O) groups is 2. The quantitative estimate of drug-likeness (QED) is 0.640. The van der Waals surface area contributed by atoms with Gasteiger partial charge in [0.25, 0.3) is 0 Å². The van der Waals surface area contributed by atoms with Crippen LogP contribution >= 0.6 is 23.2 Å². The molecule has 2 aromatic carbocycles. The number of benzene rings is 2. The van der Waals surface area contributed by atoms with E-state index in [1.165, 1.54) is 18.0 Å². The molecule has 0 unspecified atom stereocenters. The van der Waals surface area contributed by atoms with Crippen molar-refractivity contribution in [3.05, 3.63) is 64.1 Å². The minimum absolute atomic E-state index is 0.109. The van der Waals surface area contributed by atoms with Crippen LogP contribution in [0.15, 0.2) is 48.5 Å². The van der Waals surface area contributed by atoms with Crippen LogP contribution in [-0.4, -0.2) is 51.0 Å². The number of rotatable bonds is 8. The summed E-state index contributed by atoms with van der Waals surface area (Å²) in [5.41, 5.74) is 1.01. The molecular formula is C20H23Cl2N3O4S. The molecule has 0 saturated heterocycles.